The van der Waals surface area contributed by atoms with Gasteiger partial charge in [0.2, 0.25) is 0 Å². The molecule has 0 N–H and O–H groups in total. The quantitative estimate of drug-likeness (QED) is 0.191. The summed E-state index contributed by atoms with van der Waals surface area (Å²) in [6, 6.07) is 12.4. The van der Waals surface area contributed by atoms with E-state index in [4.69, 9.17) is 13.7 Å². The molecule has 0 spiro atoms. The average Bonchev–Trinajstić information content (AvgIpc) is 3.40. The maximum atomic E-state index is 9.08. The summed E-state index contributed by atoms with van der Waals surface area (Å²) in [5.74, 6) is 0. The molecule has 0 radical (unpaired) electrons. The highest BCUT2D eigenvalue weighted by molar-refractivity contribution is 5.85. The monoisotopic (exact) mass is 629 g/mol. The number of anilines is 3. The van der Waals surface area contributed by atoms with E-state index in [9.17, 15) is 0 Å². The molecule has 7 rings (SSSR count). The summed E-state index contributed by atoms with van der Waals surface area (Å²) in [7, 11) is 4.23. The van der Waals surface area contributed by atoms with Crippen LogP contribution in [-0.4, -0.2) is 23.9 Å². The lowest BCUT2D eigenvalue weighted by atomic mass is 9.86. The fourth-order valence-electron chi connectivity index (χ4n) is 7.80. The molecular formula is C44H49N3. The number of nitrogens with zero attached hydrogens (tertiary/aromatic N) is 3. The molecule has 0 saturated heterocycles. The third-order valence-corrected chi connectivity index (χ3v) is 11.3. The Morgan fingerprint density at radius 2 is 0.787 bits per heavy atom. The smallest absolute Gasteiger partial charge is 0.0645 e. The third kappa shape index (κ3) is 4.78. The van der Waals surface area contributed by atoms with Crippen LogP contribution in [0, 0.1) is 0 Å². The molecule has 0 unspecified atom stereocenters. The molecule has 47 heavy (non-hydrogen) atoms. The lowest BCUT2D eigenvalue weighted by molar-refractivity contribution is 0.0729. The summed E-state index contributed by atoms with van der Waals surface area (Å²) in [5, 5.41) is 0. The van der Waals surface area contributed by atoms with E-state index >= 15 is 0 Å². The molecule has 240 valence electrons. The van der Waals surface area contributed by atoms with Crippen molar-refractivity contribution in [3.63, 3.8) is 0 Å². The Morgan fingerprint density at radius 1 is 0.426 bits per heavy atom. The van der Waals surface area contributed by atoms with E-state index in [0.29, 0.717) is 0 Å². The third-order valence-electron chi connectivity index (χ3n) is 11.3. The van der Waals surface area contributed by atoms with Crippen molar-refractivity contribution in [1.29, 1.82) is 0 Å². The molecule has 0 aliphatic carbocycles. The minimum Gasteiger partial charge on any atom is -0.310 e. The molecule has 0 amide bonds. The van der Waals surface area contributed by atoms with Gasteiger partial charge in [0.15, 0.2) is 0 Å². The van der Waals surface area contributed by atoms with E-state index in [1.54, 1.807) is 12.1 Å². The Kier molecular flexibility index (Phi) is 4.91. The van der Waals surface area contributed by atoms with Crippen molar-refractivity contribution < 1.29 is 13.7 Å². The zero-order valence-electron chi connectivity index (χ0n) is 39.0. The Bertz CT molecular complexity index is 2310. The van der Waals surface area contributed by atoms with Gasteiger partial charge < -0.3 is 4.90 Å². The van der Waals surface area contributed by atoms with Crippen LogP contribution in [0.3, 0.4) is 0 Å². The summed E-state index contributed by atoms with van der Waals surface area (Å²) in [6.07, 6.45) is 0. The maximum absolute atomic E-state index is 9.08. The summed E-state index contributed by atoms with van der Waals surface area (Å²) in [6.45, 7) is 17.6. The number of rotatable bonds is 5. The fourth-order valence-corrected chi connectivity index (χ4v) is 7.80. The molecule has 0 bridgehead atoms. The van der Waals surface area contributed by atoms with Gasteiger partial charge in [0.25, 0.3) is 0 Å². The van der Waals surface area contributed by atoms with Gasteiger partial charge in [-0.2, -0.15) is 0 Å². The predicted octanol–water partition coefficient (Wildman–Crippen LogP) is 11.3. The van der Waals surface area contributed by atoms with Gasteiger partial charge in [-0.15, -0.1) is 0 Å². The van der Waals surface area contributed by atoms with E-state index in [0.717, 1.165) is 33.4 Å². The second-order valence-corrected chi connectivity index (χ2v) is 14.9. The molecule has 5 aromatic rings. The van der Waals surface area contributed by atoms with Crippen molar-refractivity contribution in [1.82, 2.24) is 9.80 Å². The molecular weight excluding hydrogens is 571 g/mol. The Morgan fingerprint density at radius 3 is 1.17 bits per heavy atom. The van der Waals surface area contributed by atoms with Crippen LogP contribution in [0.15, 0.2) is 115 Å². The van der Waals surface area contributed by atoms with Crippen molar-refractivity contribution in [2.24, 2.45) is 0 Å². The van der Waals surface area contributed by atoms with Gasteiger partial charge in [0.1, 0.15) is 0 Å². The zero-order chi connectivity index (χ0) is 42.2. The number of para-hydroxylation sites is 2. The molecule has 0 fully saturated rings. The first-order chi connectivity index (χ1) is 26.3. The normalized spacial score (nSPS) is 21.9. The minimum absolute atomic E-state index is 0.235. The van der Waals surface area contributed by atoms with E-state index in [1.807, 2.05) is 0 Å². The van der Waals surface area contributed by atoms with E-state index in [-0.39, 0.29) is 39.2 Å². The summed E-state index contributed by atoms with van der Waals surface area (Å²) >= 11 is 0. The van der Waals surface area contributed by atoms with Crippen molar-refractivity contribution in [3.05, 3.63) is 137 Å². The molecule has 5 aromatic carbocycles. The second kappa shape index (κ2) is 10.7. The van der Waals surface area contributed by atoms with Gasteiger partial charge in [-0.05, 0) is 168 Å². The predicted molar refractivity (Wildman–Crippen MR) is 200 cm³/mol. The molecule has 3 nitrogen and oxygen atoms in total. The Hall–Kier alpha value is -4.18. The standard InChI is InChI=1S/C44H49N3/c1-41(2)37-23-21-30(28-39(37)43(5,6)45(41)9)32-25-33(31-22-24-38-40(29-31)44(7,8)46(10)42(38,3)4)27-36(26-32)47(34-17-13-11-14-18-34)35-19-15-12-16-20-35/h11-29H,1-10H3/i11D,12D,13D,14D,15D,16D,17D,18D,19D,20D. The number of fused-ring (bicyclic) bond motifs is 2. The van der Waals surface area contributed by atoms with Crippen molar-refractivity contribution >= 4 is 17.1 Å². The number of benzene rings is 5. The molecule has 2 heterocycles. The number of hydrogen-bond donors (Lipinski definition) is 0. The number of hydrogen-bond acceptors (Lipinski definition) is 3. The van der Waals surface area contributed by atoms with Crippen molar-refractivity contribution in [2.45, 2.75) is 77.5 Å². The van der Waals surface area contributed by atoms with Gasteiger partial charge in [0.05, 0.1) is 13.7 Å². The Balaban J connectivity index is 1.60. The van der Waals surface area contributed by atoms with E-state index in [2.05, 4.69) is 122 Å². The highest BCUT2D eigenvalue weighted by Gasteiger charge is 2.47. The lowest BCUT2D eigenvalue weighted by Crippen LogP contribution is -2.42. The fraction of sp³-hybridized carbons (Fsp3) is 0.318. The molecule has 3 heteroatoms. The van der Waals surface area contributed by atoms with Crippen LogP contribution in [0.1, 0.15) is 91.4 Å². The summed E-state index contributed by atoms with van der Waals surface area (Å²) in [4.78, 5) is 5.94. The SMILES string of the molecule is [2H]c1c([2H])c([2H])c(N(c2cc(-c3ccc4c(c3)C(C)(C)N(C)C4(C)C)cc(-c3ccc4c(c3)C(C)(C)N(C)C4(C)C)c2)c2c([2H])c([2H])c([2H])c([2H])c2[2H])c([2H])c1[2H]. The topological polar surface area (TPSA) is 9.72 Å². The highest BCUT2D eigenvalue weighted by atomic mass is 15.3. The zero-order valence-corrected chi connectivity index (χ0v) is 29.0. The van der Waals surface area contributed by atoms with Crippen LogP contribution in [0.5, 0.6) is 0 Å². The lowest BCUT2D eigenvalue weighted by Gasteiger charge is -2.37. The second-order valence-electron chi connectivity index (χ2n) is 14.9. The van der Waals surface area contributed by atoms with Crippen LogP contribution < -0.4 is 4.90 Å². The molecule has 2 aliphatic rings. The van der Waals surface area contributed by atoms with Crippen LogP contribution in [0.4, 0.5) is 17.1 Å². The molecule has 0 atom stereocenters. The van der Waals surface area contributed by atoms with Gasteiger partial charge >= 0.3 is 0 Å². The maximum Gasteiger partial charge on any atom is 0.0645 e. The van der Waals surface area contributed by atoms with Gasteiger partial charge in [-0.25, -0.2) is 0 Å². The van der Waals surface area contributed by atoms with Crippen LogP contribution in [0.25, 0.3) is 22.3 Å². The van der Waals surface area contributed by atoms with Gasteiger partial charge in [-0.1, -0.05) is 60.5 Å². The van der Waals surface area contributed by atoms with E-state index < -0.39 is 60.4 Å². The van der Waals surface area contributed by atoms with E-state index in [1.165, 1.54) is 16.0 Å². The molecule has 0 aromatic heterocycles. The van der Waals surface area contributed by atoms with Gasteiger partial charge in [0, 0.05) is 39.2 Å². The average molecular weight is 630 g/mol. The van der Waals surface area contributed by atoms with Crippen molar-refractivity contribution in [3.8, 4) is 22.3 Å². The molecule has 2 aliphatic heterocycles. The summed E-state index contributed by atoms with van der Waals surface area (Å²) in [5.41, 5.74) is 6.38. The first-order valence-electron chi connectivity index (χ1n) is 21.2. The van der Waals surface area contributed by atoms with Crippen LogP contribution in [0.2, 0.25) is 0 Å². The summed E-state index contributed by atoms with van der Waals surface area (Å²) < 4.78 is 87.4. The highest BCUT2D eigenvalue weighted by Crippen LogP contribution is 2.51. The van der Waals surface area contributed by atoms with Crippen molar-refractivity contribution in [2.75, 3.05) is 19.0 Å². The molecule has 0 saturated carbocycles. The Labute approximate surface area is 296 Å². The van der Waals surface area contributed by atoms with Gasteiger partial charge in [-0.3, -0.25) is 9.80 Å². The van der Waals surface area contributed by atoms with Crippen LogP contribution >= 0.6 is 0 Å². The minimum atomic E-state index is -0.611. The largest absolute Gasteiger partial charge is 0.310 e. The van der Waals surface area contributed by atoms with Crippen LogP contribution in [-0.2, 0) is 22.2 Å². The first-order valence-corrected chi connectivity index (χ1v) is 16.2. The first kappa shape index (κ1) is 21.6.